The highest BCUT2D eigenvalue weighted by Gasteiger charge is 2.21. The Morgan fingerprint density at radius 2 is 0.328 bits per heavy atom. The molecule has 67 heavy (non-hydrogen) atoms. The van der Waals surface area contributed by atoms with Crippen LogP contribution >= 0.6 is 0 Å². The van der Waals surface area contributed by atoms with Crippen LogP contribution < -0.4 is 0 Å². The first-order valence-electron chi connectivity index (χ1n) is 24.7. The van der Waals surface area contributed by atoms with Gasteiger partial charge < -0.3 is 0 Å². The summed E-state index contributed by atoms with van der Waals surface area (Å²) in [5.41, 5.74) is 15.3. The predicted molar refractivity (Wildman–Crippen MR) is 309 cm³/mol. The molecule has 0 aromatic heterocycles. The highest BCUT2D eigenvalue weighted by molar-refractivity contribution is 5.33. The molecule has 0 heteroatoms. The minimum Gasteiger partial charge on any atom is -0.0776 e. The Balaban J connectivity index is 0. The monoisotopic (exact) mass is 913 g/mol. The first-order chi connectivity index (χ1) is 29.4. The Morgan fingerprint density at radius 1 is 0.209 bits per heavy atom. The lowest BCUT2D eigenvalue weighted by atomic mass is 9.94. The van der Waals surface area contributed by atoms with E-state index in [1.807, 2.05) is 0 Å². The first-order valence-corrected chi connectivity index (χ1v) is 24.7. The largest absolute Gasteiger partial charge is 0.0776 e. The molecule has 5 saturated carbocycles. The smallest absolute Gasteiger partial charge is 0.0159 e. The molecule has 0 heterocycles. The fraction of sp³-hybridized carbons (Fsp3) is 0.552. The molecule has 5 aromatic carbocycles. The van der Waals surface area contributed by atoms with Gasteiger partial charge in [-0.1, -0.05) is 238 Å². The van der Waals surface area contributed by atoms with Crippen LogP contribution in [0.3, 0.4) is 0 Å². The number of hydrogen-bond acceptors (Lipinski definition) is 0. The van der Waals surface area contributed by atoms with Gasteiger partial charge in [0.1, 0.15) is 0 Å². The van der Waals surface area contributed by atoms with Gasteiger partial charge in [-0.2, -0.15) is 0 Å². The highest BCUT2D eigenvalue weighted by atomic mass is 14.3. The van der Waals surface area contributed by atoms with E-state index in [9.17, 15) is 0 Å². The van der Waals surface area contributed by atoms with Crippen molar-refractivity contribution in [2.75, 3.05) is 0 Å². The average Bonchev–Trinajstić information content (AvgIpc) is 4.14. The van der Waals surface area contributed by atoms with Gasteiger partial charge in [0.2, 0.25) is 0 Å². The van der Waals surface area contributed by atoms with E-state index >= 15 is 0 Å². The Bertz CT molecular complexity index is 1620. The molecule has 5 aliphatic carbocycles. The second kappa shape index (κ2) is 35.2. The molecule has 0 bridgehead atoms. The third kappa shape index (κ3) is 19.9. The summed E-state index contributed by atoms with van der Waals surface area (Å²) in [7, 11) is 0. The van der Waals surface area contributed by atoms with Crippen molar-refractivity contribution in [1.82, 2.24) is 0 Å². The zero-order valence-electron chi connectivity index (χ0n) is 38.6. The molecule has 5 aliphatic rings. The third-order valence-electron chi connectivity index (χ3n) is 14.9. The van der Waals surface area contributed by atoms with E-state index in [4.69, 9.17) is 0 Å². The van der Waals surface area contributed by atoms with Gasteiger partial charge in [0, 0.05) is 0 Å². The molecule has 5 aromatic rings. The Labute approximate surface area is 419 Å². The molecule has 0 N–H and O–H groups in total. The van der Waals surface area contributed by atoms with Crippen LogP contribution in [0.2, 0.25) is 0 Å². The molecule has 5 fully saturated rings. The number of aryl methyl sites for hydroxylation is 5. The Morgan fingerprint density at radius 3 is 0.448 bits per heavy atom. The Kier molecular flexibility index (Phi) is 34.3. The predicted octanol–water partition coefficient (Wildman–Crippen LogP) is 22.7. The summed E-state index contributed by atoms with van der Waals surface area (Å²) < 4.78 is 0. The summed E-state index contributed by atoms with van der Waals surface area (Å²) in [5, 5.41) is 0. The van der Waals surface area contributed by atoms with Crippen LogP contribution in [0.4, 0.5) is 0 Å². The van der Waals surface area contributed by atoms with Gasteiger partial charge in [-0.3, -0.25) is 0 Å². The maximum atomic E-state index is 2.30. The van der Waals surface area contributed by atoms with E-state index in [0.29, 0.717) is 0 Å². The second-order valence-corrected chi connectivity index (χ2v) is 19.2. The molecule has 0 nitrogen and oxygen atoms in total. The van der Waals surface area contributed by atoms with Gasteiger partial charge in [-0.15, -0.1) is 0 Å². The van der Waals surface area contributed by atoms with Crippen LogP contribution in [0.25, 0.3) is 0 Å². The maximum Gasteiger partial charge on any atom is -0.0159 e. The van der Waals surface area contributed by atoms with Crippen molar-refractivity contribution in [1.29, 1.82) is 0 Å². The summed E-state index contributed by atoms with van der Waals surface area (Å²) in [6.07, 6.45) is 28.4. The van der Waals surface area contributed by atoms with Crippen molar-refractivity contribution in [3.63, 3.8) is 0 Å². The second-order valence-electron chi connectivity index (χ2n) is 19.2. The minimum atomic E-state index is 0. The lowest BCUT2D eigenvalue weighted by molar-refractivity contribution is 0.718. The van der Waals surface area contributed by atoms with Crippen LogP contribution in [0.5, 0.6) is 0 Å². The van der Waals surface area contributed by atoms with E-state index in [1.165, 1.54) is 156 Å². The molecule has 0 aliphatic heterocycles. The highest BCUT2D eigenvalue weighted by Crippen LogP contribution is 2.39. The van der Waals surface area contributed by atoms with Gasteiger partial charge in [0.15, 0.2) is 0 Å². The summed E-state index contributed by atoms with van der Waals surface area (Å²) in [4.78, 5) is 0. The average molecular weight is 914 g/mol. The quantitative estimate of drug-likeness (QED) is 0.165. The van der Waals surface area contributed by atoms with Crippen LogP contribution in [0, 0.1) is 34.6 Å². The van der Waals surface area contributed by atoms with E-state index in [1.54, 1.807) is 27.8 Å². The molecule has 0 amide bonds. The Hall–Kier alpha value is -3.90. The van der Waals surface area contributed by atoms with Crippen molar-refractivity contribution >= 4 is 0 Å². The van der Waals surface area contributed by atoms with Gasteiger partial charge in [-0.05, 0) is 184 Å². The summed E-state index contributed by atoms with van der Waals surface area (Å²) >= 11 is 0. The van der Waals surface area contributed by atoms with Crippen molar-refractivity contribution in [3.05, 3.63) is 177 Å². The van der Waals surface area contributed by atoms with Crippen LogP contribution in [-0.2, 0) is 0 Å². The van der Waals surface area contributed by atoms with E-state index in [-0.39, 0.29) is 52.0 Å². The standard InChI is InChI=1S/5C12H16.7CH4/c5*1-10-6-2-5-9-12(10)11-7-3-4-8-11;;;;;;;/h5*2,5-6,9,11H,3-4,7-8H2,1H3;7*1H4. The van der Waals surface area contributed by atoms with Gasteiger partial charge in [-0.25, -0.2) is 0 Å². The van der Waals surface area contributed by atoms with Crippen molar-refractivity contribution in [3.8, 4) is 0 Å². The SMILES string of the molecule is C.C.C.C.C.C.C.Cc1ccccc1C1CCCC1.Cc1ccccc1C1CCCC1.Cc1ccccc1C1CCCC1.Cc1ccccc1C1CCCC1.Cc1ccccc1C1CCCC1. The molecule has 0 saturated heterocycles. The maximum absolute atomic E-state index is 2.30. The van der Waals surface area contributed by atoms with Gasteiger partial charge in [0.05, 0.1) is 0 Å². The van der Waals surface area contributed by atoms with Crippen molar-refractivity contribution < 1.29 is 0 Å². The summed E-state index contributed by atoms with van der Waals surface area (Å²) in [6.45, 7) is 11.1. The molecule has 0 radical (unpaired) electrons. The van der Waals surface area contributed by atoms with Crippen LogP contribution in [0.1, 0.15) is 266 Å². The molecular weight excluding hydrogens is 805 g/mol. The van der Waals surface area contributed by atoms with Crippen molar-refractivity contribution in [2.24, 2.45) is 0 Å². The van der Waals surface area contributed by atoms with Gasteiger partial charge >= 0.3 is 0 Å². The molecule has 0 atom stereocenters. The molecule has 10 rings (SSSR count). The minimum absolute atomic E-state index is 0. The lowest BCUT2D eigenvalue weighted by Gasteiger charge is -2.11. The van der Waals surface area contributed by atoms with E-state index < -0.39 is 0 Å². The molecule has 0 spiro atoms. The van der Waals surface area contributed by atoms with Crippen LogP contribution in [-0.4, -0.2) is 0 Å². The first kappa shape index (κ1) is 65.2. The topological polar surface area (TPSA) is 0 Å². The third-order valence-corrected chi connectivity index (χ3v) is 14.9. The number of rotatable bonds is 5. The fourth-order valence-electron chi connectivity index (χ4n) is 11.4. The van der Waals surface area contributed by atoms with E-state index in [2.05, 4.69) is 156 Å². The zero-order valence-corrected chi connectivity index (χ0v) is 38.6. The number of hydrogen-bond donors (Lipinski definition) is 0. The summed E-state index contributed by atoms with van der Waals surface area (Å²) in [5.74, 6) is 4.33. The molecule has 376 valence electrons. The number of benzene rings is 5. The lowest BCUT2D eigenvalue weighted by Crippen LogP contribution is -1.94. The van der Waals surface area contributed by atoms with Gasteiger partial charge in [0.25, 0.3) is 0 Å². The molecule has 0 unspecified atom stereocenters. The van der Waals surface area contributed by atoms with Crippen molar-refractivity contribution in [2.45, 2.75) is 245 Å². The zero-order chi connectivity index (χ0) is 41.9. The molecular formula is C67H108. The fourth-order valence-corrected chi connectivity index (χ4v) is 11.4. The normalized spacial score (nSPS) is 16.5. The van der Waals surface area contributed by atoms with Crippen LogP contribution in [0.15, 0.2) is 121 Å². The summed E-state index contributed by atoms with van der Waals surface area (Å²) in [6, 6.07) is 44.1. The van der Waals surface area contributed by atoms with E-state index in [0.717, 1.165) is 29.6 Å².